The molecule has 0 rings (SSSR count). The van der Waals surface area contributed by atoms with Crippen LogP contribution in [0.1, 0.15) is 39.0 Å². The largest absolute Gasteiger partial charge is 0.481 e. The summed E-state index contributed by atoms with van der Waals surface area (Å²) < 4.78 is 0. The second kappa shape index (κ2) is 17.3. The van der Waals surface area contributed by atoms with Crippen molar-refractivity contribution in [2.45, 2.75) is 69.3 Å². The van der Waals surface area contributed by atoms with E-state index in [2.05, 4.69) is 20.9 Å². The first-order valence-electron chi connectivity index (χ1n) is 11.1. The number of nitrogens with one attached hydrogen (secondary N) is 3. The molecule has 5 atom stereocenters. The van der Waals surface area contributed by atoms with Crippen LogP contribution in [-0.4, -0.2) is 99.8 Å². The number of carboxylic acid groups (broad SMARTS) is 2. The van der Waals surface area contributed by atoms with Crippen LogP contribution >= 0.6 is 11.8 Å². The zero-order chi connectivity index (χ0) is 27.8. The molecule has 3 amide bonds. The number of aliphatic hydroxyl groups is 1. The van der Waals surface area contributed by atoms with E-state index in [1.54, 1.807) is 6.26 Å². The second-order valence-corrected chi connectivity index (χ2v) is 8.94. The van der Waals surface area contributed by atoms with Gasteiger partial charge in [0, 0.05) is 13.0 Å². The number of hydrogen-bond acceptors (Lipinski definition) is 9. The third kappa shape index (κ3) is 13.7. The highest BCUT2D eigenvalue weighted by Gasteiger charge is 2.31. The van der Waals surface area contributed by atoms with Crippen LogP contribution in [0.25, 0.3) is 0 Å². The Morgan fingerprint density at radius 3 is 1.97 bits per heavy atom. The van der Waals surface area contributed by atoms with Gasteiger partial charge in [0.05, 0.1) is 12.1 Å². The van der Waals surface area contributed by atoms with Crippen LogP contribution in [0.4, 0.5) is 0 Å². The summed E-state index contributed by atoms with van der Waals surface area (Å²) in [6.07, 6.45) is 0.346. The lowest BCUT2D eigenvalue weighted by Crippen LogP contribution is -2.58. The molecule has 0 aromatic rings. The lowest BCUT2D eigenvalue weighted by Gasteiger charge is -2.25. The number of aliphatic carboxylic acids is 2. The minimum atomic E-state index is -1.62. The summed E-state index contributed by atoms with van der Waals surface area (Å²) in [5.74, 6) is -4.62. The first-order valence-corrected chi connectivity index (χ1v) is 12.5. The van der Waals surface area contributed by atoms with E-state index >= 15 is 0 Å². The third-order valence-electron chi connectivity index (χ3n) is 4.87. The van der Waals surface area contributed by atoms with Crippen LogP contribution in [0.2, 0.25) is 0 Å². The molecule has 0 bridgehead atoms. The molecular formula is C20H37N7O8S. The van der Waals surface area contributed by atoms with Gasteiger partial charge in [-0.05, 0) is 44.6 Å². The Balaban J connectivity index is 5.56. The van der Waals surface area contributed by atoms with Crippen molar-refractivity contribution >= 4 is 47.4 Å². The number of carbonyl (C=O) groups is 5. The van der Waals surface area contributed by atoms with Crippen LogP contribution in [0, 0.1) is 0 Å². The van der Waals surface area contributed by atoms with Crippen molar-refractivity contribution in [2.24, 2.45) is 22.2 Å². The van der Waals surface area contributed by atoms with E-state index in [1.165, 1.54) is 18.7 Å². The van der Waals surface area contributed by atoms with Crippen molar-refractivity contribution in [3.63, 3.8) is 0 Å². The molecule has 0 saturated heterocycles. The molecule has 36 heavy (non-hydrogen) atoms. The Bertz CT molecular complexity index is 792. The fraction of sp³-hybridized carbons (Fsp3) is 0.700. The smallest absolute Gasteiger partial charge is 0.328 e. The van der Waals surface area contributed by atoms with E-state index in [0.717, 1.165) is 0 Å². The molecule has 0 aromatic heterocycles. The SMILES string of the molecule is CSCCC(NC(=O)C(N)CCC(=O)O)C(=O)NC(CCCN=C(N)N)C(=O)NC(C(=O)O)C(C)O. The van der Waals surface area contributed by atoms with Crippen LogP contribution in [-0.2, 0) is 24.0 Å². The number of nitrogens with zero attached hydrogens (tertiary/aromatic N) is 1. The number of amides is 3. The van der Waals surface area contributed by atoms with Gasteiger partial charge in [-0.1, -0.05) is 0 Å². The van der Waals surface area contributed by atoms with Gasteiger partial charge in [-0.15, -0.1) is 0 Å². The van der Waals surface area contributed by atoms with Gasteiger partial charge in [-0.2, -0.15) is 11.8 Å². The van der Waals surface area contributed by atoms with Crippen molar-refractivity contribution in [2.75, 3.05) is 18.6 Å². The highest BCUT2D eigenvalue weighted by molar-refractivity contribution is 7.98. The topological polar surface area (TPSA) is 273 Å². The van der Waals surface area contributed by atoms with Crippen LogP contribution in [0.5, 0.6) is 0 Å². The number of thioether (sulfide) groups is 1. The van der Waals surface area contributed by atoms with Crippen molar-refractivity contribution < 1.29 is 39.3 Å². The summed E-state index contributed by atoms with van der Waals surface area (Å²) in [6.45, 7) is 1.32. The van der Waals surface area contributed by atoms with Gasteiger partial charge < -0.3 is 48.5 Å². The summed E-state index contributed by atoms with van der Waals surface area (Å²) >= 11 is 1.41. The molecule has 15 nitrogen and oxygen atoms in total. The number of guanidine groups is 1. The highest BCUT2D eigenvalue weighted by Crippen LogP contribution is 2.06. The zero-order valence-electron chi connectivity index (χ0n) is 20.3. The number of aliphatic imine (C=N–C) groups is 1. The van der Waals surface area contributed by atoms with Gasteiger partial charge in [0.1, 0.15) is 12.1 Å². The Morgan fingerprint density at radius 1 is 0.917 bits per heavy atom. The third-order valence-corrected chi connectivity index (χ3v) is 5.52. The summed E-state index contributed by atoms with van der Waals surface area (Å²) in [5, 5.41) is 34.8. The average molecular weight is 536 g/mol. The van der Waals surface area contributed by atoms with Gasteiger partial charge in [-0.25, -0.2) is 4.79 Å². The molecule has 12 N–H and O–H groups in total. The second-order valence-electron chi connectivity index (χ2n) is 7.96. The lowest BCUT2D eigenvalue weighted by atomic mass is 10.1. The monoisotopic (exact) mass is 535 g/mol. The van der Waals surface area contributed by atoms with E-state index in [0.29, 0.717) is 5.75 Å². The fourth-order valence-corrected chi connectivity index (χ4v) is 3.35. The Labute approximate surface area is 213 Å². The first kappa shape index (κ1) is 32.9. The standard InChI is InChI=1S/C20H37N7O8S/c1-10(28)15(19(34)35)27-18(33)12(4-3-8-24-20(22)23)26-17(32)13(7-9-36-2)25-16(31)11(21)5-6-14(29)30/h10-13,15,28H,3-9,21H2,1-2H3,(H,25,31)(H,26,32)(H,27,33)(H,29,30)(H,34,35)(H4,22,23,24). The number of carboxylic acids is 2. The van der Waals surface area contributed by atoms with Gasteiger partial charge in [0.2, 0.25) is 17.7 Å². The number of rotatable bonds is 18. The molecule has 0 saturated carbocycles. The van der Waals surface area contributed by atoms with Crippen molar-refractivity contribution in [3.05, 3.63) is 0 Å². The van der Waals surface area contributed by atoms with Crippen LogP contribution in [0.15, 0.2) is 4.99 Å². The Hall–Kier alpha value is -3.11. The van der Waals surface area contributed by atoms with Crippen LogP contribution < -0.4 is 33.2 Å². The van der Waals surface area contributed by atoms with E-state index in [-0.39, 0.29) is 44.6 Å². The number of aliphatic hydroxyl groups excluding tert-OH is 1. The average Bonchev–Trinajstić information content (AvgIpc) is 2.79. The number of carbonyl (C=O) groups excluding carboxylic acids is 3. The molecular weight excluding hydrogens is 498 g/mol. The summed E-state index contributed by atoms with van der Waals surface area (Å²) in [4.78, 5) is 64.1. The molecule has 5 unspecified atom stereocenters. The molecule has 0 aromatic carbocycles. The maximum absolute atomic E-state index is 13.0. The fourth-order valence-electron chi connectivity index (χ4n) is 2.88. The van der Waals surface area contributed by atoms with Gasteiger partial charge in [0.15, 0.2) is 12.0 Å². The predicted octanol–water partition coefficient (Wildman–Crippen LogP) is -3.09. The minimum absolute atomic E-state index is 0.0157. The van der Waals surface area contributed by atoms with E-state index < -0.39 is 59.9 Å². The molecule has 0 heterocycles. The molecule has 16 heteroatoms. The first-order chi connectivity index (χ1) is 16.8. The quantitative estimate of drug-likeness (QED) is 0.0479. The maximum atomic E-state index is 13.0. The molecule has 0 radical (unpaired) electrons. The Morgan fingerprint density at radius 2 is 1.47 bits per heavy atom. The van der Waals surface area contributed by atoms with Gasteiger partial charge in [0.25, 0.3) is 0 Å². The summed E-state index contributed by atoms with van der Waals surface area (Å²) in [5.41, 5.74) is 16.3. The maximum Gasteiger partial charge on any atom is 0.328 e. The molecule has 0 fully saturated rings. The molecule has 0 aliphatic rings. The number of hydrogen-bond donors (Lipinski definition) is 9. The highest BCUT2D eigenvalue weighted by atomic mass is 32.2. The van der Waals surface area contributed by atoms with Gasteiger partial charge in [-0.3, -0.25) is 24.2 Å². The summed E-state index contributed by atoms with van der Waals surface area (Å²) in [7, 11) is 0. The minimum Gasteiger partial charge on any atom is -0.481 e. The predicted molar refractivity (Wildman–Crippen MR) is 133 cm³/mol. The van der Waals surface area contributed by atoms with Crippen molar-refractivity contribution in [3.8, 4) is 0 Å². The lowest BCUT2D eigenvalue weighted by molar-refractivity contribution is -0.145. The number of nitrogens with two attached hydrogens (primary N) is 3. The van der Waals surface area contributed by atoms with Crippen molar-refractivity contribution in [1.29, 1.82) is 0 Å². The molecule has 206 valence electrons. The van der Waals surface area contributed by atoms with E-state index in [4.69, 9.17) is 22.3 Å². The molecule has 0 aliphatic heterocycles. The normalized spacial score (nSPS) is 14.9. The van der Waals surface area contributed by atoms with E-state index in [9.17, 15) is 34.2 Å². The molecule has 0 spiro atoms. The van der Waals surface area contributed by atoms with Crippen LogP contribution in [0.3, 0.4) is 0 Å². The molecule has 0 aliphatic carbocycles. The van der Waals surface area contributed by atoms with E-state index in [1.807, 2.05) is 0 Å². The summed E-state index contributed by atoms with van der Waals surface area (Å²) in [6, 6.07) is -5.11. The Kier molecular flexibility index (Phi) is 15.8. The van der Waals surface area contributed by atoms with Crippen molar-refractivity contribution in [1.82, 2.24) is 16.0 Å². The zero-order valence-corrected chi connectivity index (χ0v) is 21.1. The van der Waals surface area contributed by atoms with Gasteiger partial charge >= 0.3 is 11.9 Å².